The maximum Gasteiger partial charge on any atom is 0.255 e. The maximum absolute atomic E-state index is 13.1. The Balaban J connectivity index is 0.000000814. The first kappa shape index (κ1) is 17.1. The van der Waals surface area contributed by atoms with E-state index in [0.717, 1.165) is 28.9 Å². The maximum atomic E-state index is 13.1. The van der Waals surface area contributed by atoms with E-state index in [9.17, 15) is 4.79 Å². The number of benzene rings is 2. The Morgan fingerprint density at radius 3 is 2.73 bits per heavy atom. The van der Waals surface area contributed by atoms with E-state index in [1.54, 1.807) is 6.07 Å². The molecule has 1 aromatic heterocycles. The summed E-state index contributed by atoms with van der Waals surface area (Å²) in [7, 11) is 0. The van der Waals surface area contributed by atoms with Crippen molar-refractivity contribution in [1.29, 1.82) is 0 Å². The lowest BCUT2D eigenvalue weighted by Crippen LogP contribution is -2.56. The Morgan fingerprint density at radius 1 is 1.15 bits per heavy atom. The van der Waals surface area contributed by atoms with Crippen LogP contribution in [0.3, 0.4) is 0 Å². The van der Waals surface area contributed by atoms with E-state index in [0.29, 0.717) is 5.02 Å². The fraction of sp³-hybridized carbons (Fsp3) is 0.286. The summed E-state index contributed by atoms with van der Waals surface area (Å²) in [6, 6.07) is 13.9. The topological polar surface area (TPSA) is 56.9 Å². The van der Waals surface area contributed by atoms with Crippen molar-refractivity contribution in [1.82, 2.24) is 10.3 Å². The van der Waals surface area contributed by atoms with Gasteiger partial charge in [0.15, 0.2) is 5.54 Å². The lowest BCUT2D eigenvalue weighted by Gasteiger charge is -2.37. The Bertz CT molecular complexity index is 1010. The van der Waals surface area contributed by atoms with Crippen LogP contribution in [0.25, 0.3) is 10.9 Å². The number of carbonyl (C=O) groups excluding carboxylic acids is 1. The zero-order chi connectivity index (χ0) is 18.5. The Labute approximate surface area is 157 Å². The smallest absolute Gasteiger partial charge is 0.255 e. The third-order valence-corrected chi connectivity index (χ3v) is 5.37. The third kappa shape index (κ3) is 2.22. The quantitative estimate of drug-likeness (QED) is 0.544. The molecule has 3 N–H and O–H groups in total. The molecular weight excluding hydrogens is 346 g/mol. The minimum atomic E-state index is -0.910. The van der Waals surface area contributed by atoms with Crippen molar-refractivity contribution >= 4 is 34.1 Å². The lowest BCUT2D eigenvalue weighted by atomic mass is 9.80. The van der Waals surface area contributed by atoms with Crippen molar-refractivity contribution in [2.24, 2.45) is 0 Å². The van der Waals surface area contributed by atoms with Crippen LogP contribution in [0.15, 0.2) is 42.5 Å². The first-order valence-corrected chi connectivity index (χ1v) is 9.46. The van der Waals surface area contributed by atoms with E-state index in [2.05, 4.69) is 34.7 Å². The van der Waals surface area contributed by atoms with Crippen LogP contribution < -0.4 is 10.6 Å². The largest absolute Gasteiger partial charge is 0.356 e. The van der Waals surface area contributed by atoms with Gasteiger partial charge < -0.3 is 10.3 Å². The summed E-state index contributed by atoms with van der Waals surface area (Å²) >= 11 is 6.24. The average molecular weight is 368 g/mol. The third-order valence-electron chi connectivity index (χ3n) is 5.14. The number of fused-ring (bicyclic) bond motifs is 6. The van der Waals surface area contributed by atoms with E-state index in [-0.39, 0.29) is 11.9 Å². The molecule has 2 aliphatic heterocycles. The molecule has 5 heteroatoms. The summed E-state index contributed by atoms with van der Waals surface area (Å²) < 4.78 is 0. The van der Waals surface area contributed by atoms with Gasteiger partial charge in [-0.25, -0.2) is 0 Å². The van der Waals surface area contributed by atoms with E-state index in [1.807, 2.05) is 38.1 Å². The number of hydrogen-bond donors (Lipinski definition) is 3. The molecule has 26 heavy (non-hydrogen) atoms. The minimum absolute atomic E-state index is 0.0564. The normalized spacial score (nSPS) is 23.2. The second-order valence-corrected chi connectivity index (χ2v) is 7.10. The number of aromatic amines is 1. The zero-order valence-electron chi connectivity index (χ0n) is 15.1. The summed E-state index contributed by atoms with van der Waals surface area (Å²) in [5.74, 6) is -0.0564. The second-order valence-electron chi connectivity index (χ2n) is 6.67. The van der Waals surface area contributed by atoms with Crippen LogP contribution in [-0.4, -0.2) is 16.9 Å². The molecule has 2 aliphatic rings. The minimum Gasteiger partial charge on any atom is -0.356 e. The second kappa shape index (κ2) is 6.15. The van der Waals surface area contributed by atoms with Gasteiger partial charge in [-0.15, -0.1) is 0 Å². The SMILES string of the molecule is CC.C[C@H]1Cc2c([nH]c3ccccc23)[C@@]2(N1)C(=O)Nc1ccc(Cl)cc12. The van der Waals surface area contributed by atoms with Crippen molar-refractivity contribution in [3.05, 3.63) is 64.3 Å². The molecule has 2 aromatic carbocycles. The van der Waals surface area contributed by atoms with Gasteiger partial charge in [0.05, 0.1) is 5.69 Å². The first-order valence-electron chi connectivity index (χ1n) is 9.09. The van der Waals surface area contributed by atoms with Crippen LogP contribution in [0.1, 0.15) is 37.6 Å². The van der Waals surface area contributed by atoms with Gasteiger partial charge in [0.25, 0.3) is 5.91 Å². The van der Waals surface area contributed by atoms with Crippen LogP contribution >= 0.6 is 11.6 Å². The van der Waals surface area contributed by atoms with Crippen LogP contribution in [0, 0.1) is 0 Å². The molecule has 4 nitrogen and oxygen atoms in total. The van der Waals surface area contributed by atoms with Gasteiger partial charge >= 0.3 is 0 Å². The van der Waals surface area contributed by atoms with Gasteiger partial charge in [-0.2, -0.15) is 0 Å². The molecular formula is C21H22ClN3O. The Hall–Kier alpha value is -2.30. The lowest BCUT2D eigenvalue weighted by molar-refractivity contribution is -0.121. The predicted octanol–water partition coefficient (Wildman–Crippen LogP) is 4.58. The molecule has 1 amide bonds. The number of anilines is 1. The summed E-state index contributed by atoms with van der Waals surface area (Å²) in [6.07, 6.45) is 0.879. The molecule has 1 spiro atoms. The van der Waals surface area contributed by atoms with Gasteiger partial charge in [0.1, 0.15) is 0 Å². The fourth-order valence-electron chi connectivity index (χ4n) is 4.20. The van der Waals surface area contributed by atoms with Gasteiger partial charge in [0.2, 0.25) is 0 Å². The molecule has 0 fully saturated rings. The number of para-hydroxylation sites is 1. The summed E-state index contributed by atoms with van der Waals surface area (Å²) in [5.41, 5.74) is 3.99. The molecule has 0 aliphatic carbocycles. The molecule has 3 aromatic rings. The standard InChI is InChI=1S/C19H16ClN3O.C2H6/c1-10-8-13-12-4-2-3-5-15(12)21-17(13)19(23-10)14-9-11(20)6-7-16(14)22-18(19)24;1-2/h2-7,9-10,21,23H,8H2,1H3,(H,22,24);1-2H3/t10-,19+;/m0./s1. The van der Waals surface area contributed by atoms with Crippen molar-refractivity contribution in [3.63, 3.8) is 0 Å². The number of H-pyrrole nitrogens is 1. The van der Waals surface area contributed by atoms with Crippen molar-refractivity contribution in [2.45, 2.75) is 38.8 Å². The number of halogens is 1. The Morgan fingerprint density at radius 2 is 1.92 bits per heavy atom. The number of carbonyl (C=O) groups is 1. The Kier molecular flexibility index (Phi) is 4.05. The fourth-order valence-corrected chi connectivity index (χ4v) is 4.37. The highest BCUT2D eigenvalue weighted by atomic mass is 35.5. The summed E-state index contributed by atoms with van der Waals surface area (Å²) in [4.78, 5) is 16.6. The van der Waals surface area contributed by atoms with Gasteiger partial charge in [-0.3, -0.25) is 10.1 Å². The van der Waals surface area contributed by atoms with E-state index in [4.69, 9.17) is 11.6 Å². The first-order chi connectivity index (χ1) is 12.6. The van der Waals surface area contributed by atoms with Crippen molar-refractivity contribution < 1.29 is 4.79 Å². The molecule has 134 valence electrons. The van der Waals surface area contributed by atoms with Crippen molar-refractivity contribution in [2.75, 3.05) is 5.32 Å². The predicted molar refractivity (Wildman–Crippen MR) is 107 cm³/mol. The monoisotopic (exact) mass is 367 g/mol. The number of amides is 1. The van der Waals surface area contributed by atoms with Crippen LogP contribution in [0.5, 0.6) is 0 Å². The zero-order valence-corrected chi connectivity index (χ0v) is 15.9. The molecule has 2 atom stereocenters. The molecule has 0 unspecified atom stereocenters. The van der Waals surface area contributed by atoms with Crippen molar-refractivity contribution in [3.8, 4) is 0 Å². The summed E-state index contributed by atoms with van der Waals surface area (Å²) in [6.45, 7) is 6.11. The molecule has 0 saturated carbocycles. The molecule has 0 bridgehead atoms. The highest BCUT2D eigenvalue weighted by Crippen LogP contribution is 2.46. The van der Waals surface area contributed by atoms with Gasteiger partial charge in [0, 0.05) is 33.2 Å². The van der Waals surface area contributed by atoms with Crippen LogP contribution in [-0.2, 0) is 16.8 Å². The molecule has 3 heterocycles. The van der Waals surface area contributed by atoms with E-state index in [1.165, 1.54) is 10.9 Å². The number of rotatable bonds is 0. The van der Waals surface area contributed by atoms with Gasteiger partial charge in [-0.1, -0.05) is 43.6 Å². The van der Waals surface area contributed by atoms with Crippen LogP contribution in [0.2, 0.25) is 5.02 Å². The van der Waals surface area contributed by atoms with Crippen LogP contribution in [0.4, 0.5) is 5.69 Å². The molecule has 0 radical (unpaired) electrons. The summed E-state index contributed by atoms with van der Waals surface area (Å²) in [5, 5.41) is 8.36. The highest BCUT2D eigenvalue weighted by molar-refractivity contribution is 6.31. The molecule has 0 saturated heterocycles. The number of aromatic nitrogens is 1. The van der Waals surface area contributed by atoms with E-state index >= 15 is 0 Å². The number of nitrogens with one attached hydrogen (secondary N) is 3. The van der Waals surface area contributed by atoms with Gasteiger partial charge in [-0.05, 0) is 43.2 Å². The average Bonchev–Trinajstić information content (AvgIpc) is 3.14. The highest BCUT2D eigenvalue weighted by Gasteiger charge is 2.53. The van der Waals surface area contributed by atoms with E-state index < -0.39 is 5.54 Å². The molecule has 5 rings (SSSR count). The number of hydrogen-bond acceptors (Lipinski definition) is 2.